The molecule has 0 aromatic carbocycles. The minimum Gasteiger partial charge on any atom is -0.481 e. The number of hydrogen-bond donors (Lipinski definition) is 0. The van der Waals surface area contributed by atoms with Crippen LogP contribution in [0.15, 0.2) is 53.7 Å². The molecule has 4 aromatic rings. The van der Waals surface area contributed by atoms with Gasteiger partial charge in [-0.2, -0.15) is 13.2 Å². The Morgan fingerprint density at radius 3 is 2.45 bits per heavy atom. The Kier molecular flexibility index (Phi) is 8.38. The predicted octanol–water partition coefficient (Wildman–Crippen LogP) is 6.01. The third-order valence-corrected chi connectivity index (χ3v) is 6.59. The Bertz CT molecular complexity index is 1460. The third-order valence-electron chi connectivity index (χ3n) is 6.59. The lowest BCUT2D eigenvalue weighted by atomic mass is 9.84. The molecule has 10 heteroatoms. The molecule has 0 radical (unpaired) electrons. The second-order valence-electron chi connectivity index (χ2n) is 9.42. The summed E-state index contributed by atoms with van der Waals surface area (Å²) in [6.07, 6.45) is 5.11. The Hall–Kier alpha value is -3.82. The first-order valence-electron chi connectivity index (χ1n) is 12.5. The summed E-state index contributed by atoms with van der Waals surface area (Å²) in [6, 6.07) is 7.81. The molecule has 0 N–H and O–H groups in total. The Morgan fingerprint density at radius 1 is 1.03 bits per heavy atom. The molecule has 1 aliphatic rings. The summed E-state index contributed by atoms with van der Waals surface area (Å²) < 4.78 is 46.5. The Labute approximate surface area is 218 Å². The van der Waals surface area contributed by atoms with Crippen molar-refractivity contribution in [2.24, 2.45) is 0 Å². The van der Waals surface area contributed by atoms with Crippen molar-refractivity contribution >= 4 is 11.2 Å². The van der Waals surface area contributed by atoms with Crippen molar-refractivity contribution in [3.8, 4) is 5.88 Å². The lowest BCUT2D eigenvalue weighted by molar-refractivity contribution is -0.138. The van der Waals surface area contributed by atoms with Crippen molar-refractivity contribution in [1.29, 1.82) is 0 Å². The van der Waals surface area contributed by atoms with E-state index in [1.165, 1.54) is 22.4 Å². The number of hydrogen-bond acceptors (Lipinski definition) is 6. The van der Waals surface area contributed by atoms with Crippen LogP contribution in [0.4, 0.5) is 13.2 Å². The van der Waals surface area contributed by atoms with Crippen LogP contribution in [0, 0.1) is 13.8 Å². The minimum absolute atomic E-state index is 0.0980. The van der Waals surface area contributed by atoms with E-state index in [-0.39, 0.29) is 29.4 Å². The van der Waals surface area contributed by atoms with Gasteiger partial charge >= 0.3 is 6.18 Å². The first-order valence-corrected chi connectivity index (χ1v) is 12.5. The van der Waals surface area contributed by atoms with Gasteiger partial charge in [0, 0.05) is 30.2 Å². The molecular formula is C28H30F3N5O2. The number of halogens is 3. The second kappa shape index (κ2) is 11.7. The standard InChI is InChI=1S/C21H21F3N4O.C7H9NO/c1-13-11-26-17-10-15(14-6-3-2-4-7-14)20(29)28(19(17)27-13)12-18-16(21(22,23)24)8-5-9-25-18;1-6-3-4-8-7(5-6)9-2/h5,8-11,14H,2-4,6-7,12H2,1H3;3-5H,1-2H3. The molecule has 0 atom stereocenters. The number of ether oxygens (including phenoxy) is 1. The molecule has 0 bridgehead atoms. The summed E-state index contributed by atoms with van der Waals surface area (Å²) in [5.74, 6) is 0.774. The average Bonchev–Trinajstić information content (AvgIpc) is 2.91. The monoisotopic (exact) mass is 525 g/mol. The maximum atomic E-state index is 13.4. The molecule has 1 aliphatic carbocycles. The van der Waals surface area contributed by atoms with Crippen molar-refractivity contribution in [3.05, 3.63) is 87.4 Å². The molecule has 38 heavy (non-hydrogen) atoms. The van der Waals surface area contributed by atoms with Crippen LogP contribution in [0.2, 0.25) is 0 Å². The molecule has 0 unspecified atom stereocenters. The fourth-order valence-corrected chi connectivity index (χ4v) is 4.68. The molecule has 1 saturated carbocycles. The summed E-state index contributed by atoms with van der Waals surface area (Å²) in [4.78, 5) is 30.0. The van der Waals surface area contributed by atoms with Gasteiger partial charge in [-0.3, -0.25) is 19.3 Å². The topological polar surface area (TPSA) is 82.8 Å². The lowest BCUT2D eigenvalue weighted by Crippen LogP contribution is -2.29. The minimum atomic E-state index is -4.55. The molecule has 5 rings (SSSR count). The molecule has 0 aliphatic heterocycles. The van der Waals surface area contributed by atoms with Crippen molar-refractivity contribution < 1.29 is 17.9 Å². The van der Waals surface area contributed by atoms with Crippen LogP contribution in [0.3, 0.4) is 0 Å². The molecule has 0 amide bonds. The van der Waals surface area contributed by atoms with Gasteiger partial charge in [-0.1, -0.05) is 19.3 Å². The highest BCUT2D eigenvalue weighted by Crippen LogP contribution is 2.33. The number of methoxy groups -OCH3 is 1. The number of nitrogens with zero attached hydrogens (tertiary/aromatic N) is 5. The van der Waals surface area contributed by atoms with Crippen LogP contribution >= 0.6 is 0 Å². The summed E-state index contributed by atoms with van der Waals surface area (Å²) in [6.45, 7) is 3.44. The van der Waals surface area contributed by atoms with E-state index in [9.17, 15) is 18.0 Å². The van der Waals surface area contributed by atoms with Crippen LogP contribution < -0.4 is 10.3 Å². The SMILES string of the molecule is COc1cc(C)ccn1.Cc1cnc2cc(C3CCCCC3)c(=O)n(Cc3ncccc3C(F)(F)F)c2n1. The normalized spacial score (nSPS) is 14.2. The number of fused-ring (bicyclic) bond motifs is 1. The third kappa shape index (κ3) is 6.35. The summed E-state index contributed by atoms with van der Waals surface area (Å²) >= 11 is 0. The zero-order valence-corrected chi connectivity index (χ0v) is 21.6. The molecule has 4 heterocycles. The van der Waals surface area contributed by atoms with Gasteiger partial charge in [-0.15, -0.1) is 0 Å². The maximum absolute atomic E-state index is 13.4. The predicted molar refractivity (Wildman–Crippen MR) is 138 cm³/mol. The number of alkyl halides is 3. The average molecular weight is 526 g/mol. The summed E-state index contributed by atoms with van der Waals surface area (Å²) in [7, 11) is 1.61. The van der Waals surface area contributed by atoms with E-state index in [1.54, 1.807) is 32.5 Å². The van der Waals surface area contributed by atoms with Gasteiger partial charge in [0.15, 0.2) is 5.65 Å². The zero-order valence-electron chi connectivity index (χ0n) is 21.6. The van der Waals surface area contributed by atoms with Crippen LogP contribution in [0.5, 0.6) is 5.88 Å². The molecular weight excluding hydrogens is 495 g/mol. The molecule has 4 aromatic heterocycles. The zero-order chi connectivity index (χ0) is 27.3. The quantitative estimate of drug-likeness (QED) is 0.325. The van der Waals surface area contributed by atoms with E-state index >= 15 is 0 Å². The highest BCUT2D eigenvalue weighted by molar-refractivity contribution is 5.71. The van der Waals surface area contributed by atoms with Gasteiger partial charge in [-0.05, 0) is 62.4 Å². The fraction of sp³-hybridized carbons (Fsp3) is 0.393. The Morgan fingerprint density at radius 2 is 1.79 bits per heavy atom. The summed E-state index contributed by atoms with van der Waals surface area (Å²) in [5.41, 5.74) is 1.82. The van der Waals surface area contributed by atoms with E-state index in [2.05, 4.69) is 19.9 Å². The fourth-order valence-electron chi connectivity index (χ4n) is 4.68. The largest absolute Gasteiger partial charge is 0.481 e. The van der Waals surface area contributed by atoms with E-state index in [4.69, 9.17) is 4.74 Å². The van der Waals surface area contributed by atoms with Crippen molar-refractivity contribution in [1.82, 2.24) is 24.5 Å². The maximum Gasteiger partial charge on any atom is 0.418 e. The van der Waals surface area contributed by atoms with Crippen molar-refractivity contribution in [2.45, 2.75) is 64.6 Å². The summed E-state index contributed by atoms with van der Waals surface area (Å²) in [5, 5.41) is 0. The van der Waals surface area contributed by atoms with Gasteiger partial charge in [-0.25, -0.2) is 9.97 Å². The first-order chi connectivity index (χ1) is 18.2. The molecule has 0 saturated heterocycles. The molecule has 0 spiro atoms. The second-order valence-corrected chi connectivity index (χ2v) is 9.42. The molecule has 1 fully saturated rings. The highest BCUT2D eigenvalue weighted by atomic mass is 19.4. The van der Waals surface area contributed by atoms with Gasteiger partial charge in [0.2, 0.25) is 5.88 Å². The van der Waals surface area contributed by atoms with Crippen molar-refractivity contribution in [3.63, 3.8) is 0 Å². The highest BCUT2D eigenvalue weighted by Gasteiger charge is 2.34. The van der Waals surface area contributed by atoms with Crippen LogP contribution in [0.25, 0.3) is 11.2 Å². The van der Waals surface area contributed by atoms with E-state index in [0.717, 1.165) is 38.2 Å². The number of aryl methyl sites for hydroxylation is 2. The Balaban J connectivity index is 0.000000317. The van der Waals surface area contributed by atoms with Crippen molar-refractivity contribution in [2.75, 3.05) is 7.11 Å². The van der Waals surface area contributed by atoms with E-state index < -0.39 is 11.7 Å². The van der Waals surface area contributed by atoms with Gasteiger partial charge < -0.3 is 4.74 Å². The molecule has 7 nitrogen and oxygen atoms in total. The van der Waals surface area contributed by atoms with E-state index in [1.807, 2.05) is 19.1 Å². The van der Waals surface area contributed by atoms with Crippen LogP contribution in [-0.2, 0) is 12.7 Å². The molecule has 200 valence electrons. The smallest absolute Gasteiger partial charge is 0.418 e. The van der Waals surface area contributed by atoms with Gasteiger partial charge in [0.25, 0.3) is 5.56 Å². The first kappa shape index (κ1) is 27.2. The van der Waals surface area contributed by atoms with Gasteiger partial charge in [0.05, 0.1) is 30.6 Å². The lowest BCUT2D eigenvalue weighted by Gasteiger charge is -2.23. The number of aromatic nitrogens is 5. The number of rotatable bonds is 4. The van der Waals surface area contributed by atoms with E-state index in [0.29, 0.717) is 22.7 Å². The van der Waals surface area contributed by atoms with Gasteiger partial charge in [0.1, 0.15) is 5.52 Å². The van der Waals surface area contributed by atoms with Crippen LogP contribution in [0.1, 0.15) is 66.1 Å². The van der Waals surface area contributed by atoms with Crippen LogP contribution in [-0.4, -0.2) is 31.6 Å². The number of pyridine rings is 3.